The Morgan fingerprint density at radius 2 is 2.00 bits per heavy atom. The number of aliphatic hydroxyl groups is 2. The maximum absolute atomic E-state index is 11.7. The van der Waals surface area contributed by atoms with Gasteiger partial charge in [-0.2, -0.15) is 0 Å². The van der Waals surface area contributed by atoms with Gasteiger partial charge < -0.3 is 19.7 Å². The van der Waals surface area contributed by atoms with Gasteiger partial charge in [0.2, 0.25) is 0 Å². The Morgan fingerprint density at radius 3 is 2.70 bits per heavy atom. The largest absolute Gasteiger partial charge is 0.458 e. The van der Waals surface area contributed by atoms with Crippen LogP contribution < -0.4 is 0 Å². The lowest BCUT2D eigenvalue weighted by atomic mass is 9.66. The lowest BCUT2D eigenvalue weighted by Crippen LogP contribution is -2.51. The molecule has 4 fully saturated rings. The number of rotatable bonds is 0. The molecule has 2 heterocycles. The zero-order valence-corrected chi connectivity index (χ0v) is 11.7. The molecule has 4 aliphatic rings. The molecule has 110 valence electrons. The van der Waals surface area contributed by atoms with Crippen molar-refractivity contribution < 1.29 is 24.5 Å². The van der Waals surface area contributed by atoms with E-state index in [2.05, 4.69) is 13.5 Å². The van der Waals surface area contributed by atoms with E-state index in [-0.39, 0.29) is 30.1 Å². The first-order valence-electron chi connectivity index (χ1n) is 7.28. The van der Waals surface area contributed by atoms with Crippen molar-refractivity contribution in [2.45, 2.75) is 50.8 Å². The minimum absolute atomic E-state index is 0.0300. The highest BCUT2D eigenvalue weighted by atomic mass is 16.6. The summed E-state index contributed by atoms with van der Waals surface area (Å²) in [5, 5.41) is 21.4. The van der Waals surface area contributed by atoms with Gasteiger partial charge in [-0.25, -0.2) is 4.79 Å². The van der Waals surface area contributed by atoms with Crippen LogP contribution >= 0.6 is 0 Å². The molecule has 0 aromatic heterocycles. The Morgan fingerprint density at radius 1 is 1.30 bits per heavy atom. The summed E-state index contributed by atoms with van der Waals surface area (Å²) < 4.78 is 10.9. The average Bonchev–Trinajstić information content (AvgIpc) is 3.06. The fourth-order valence-electron chi connectivity index (χ4n) is 5.03. The van der Waals surface area contributed by atoms with Crippen LogP contribution in [0.2, 0.25) is 0 Å². The lowest BCUT2D eigenvalue weighted by Gasteiger charge is -2.42. The zero-order chi connectivity index (χ0) is 14.4. The van der Waals surface area contributed by atoms with Gasteiger partial charge in [0.05, 0.1) is 24.2 Å². The minimum Gasteiger partial charge on any atom is -0.458 e. The molecule has 0 spiro atoms. The topological polar surface area (TPSA) is 79.3 Å². The van der Waals surface area contributed by atoms with E-state index in [1.807, 2.05) is 6.92 Å². The molecular weight excluding hydrogens is 260 g/mol. The Hall–Kier alpha value is -0.910. The molecule has 5 heteroatoms. The van der Waals surface area contributed by atoms with Crippen molar-refractivity contribution in [3.63, 3.8) is 0 Å². The standard InChI is InChI=1S/C15H20O5/c1-5-4-7-8(6(2)14(18)19-7)12(16)15(3)9(5)10-11(20-10)13(15)17/h5,7-13,16-17H,2,4H2,1,3H3/t5-,7+,8-,9-,10+,11+,12+,13+,15-/m1/s1. The molecule has 9 atom stereocenters. The molecule has 0 radical (unpaired) electrons. The van der Waals surface area contributed by atoms with Crippen LogP contribution in [0.25, 0.3) is 0 Å². The molecule has 2 saturated carbocycles. The van der Waals surface area contributed by atoms with E-state index in [0.717, 1.165) is 0 Å². The number of esters is 1. The van der Waals surface area contributed by atoms with E-state index >= 15 is 0 Å². The van der Waals surface area contributed by atoms with Crippen molar-refractivity contribution in [3.8, 4) is 0 Å². The molecule has 2 N–H and O–H groups in total. The predicted molar refractivity (Wildman–Crippen MR) is 68.6 cm³/mol. The van der Waals surface area contributed by atoms with Crippen molar-refractivity contribution in [1.82, 2.24) is 0 Å². The molecule has 20 heavy (non-hydrogen) atoms. The third-order valence-electron chi connectivity index (χ3n) is 6.10. The van der Waals surface area contributed by atoms with Crippen molar-refractivity contribution in [2.75, 3.05) is 0 Å². The maximum atomic E-state index is 11.7. The molecule has 2 aliphatic heterocycles. The van der Waals surface area contributed by atoms with Gasteiger partial charge in [0, 0.05) is 16.9 Å². The van der Waals surface area contributed by atoms with E-state index in [1.165, 1.54) is 0 Å². The highest BCUT2D eigenvalue weighted by molar-refractivity contribution is 5.91. The molecule has 0 unspecified atom stereocenters. The van der Waals surface area contributed by atoms with E-state index in [0.29, 0.717) is 12.0 Å². The molecule has 5 nitrogen and oxygen atoms in total. The summed E-state index contributed by atoms with van der Waals surface area (Å²) in [7, 11) is 0. The smallest absolute Gasteiger partial charge is 0.334 e. The van der Waals surface area contributed by atoms with Crippen molar-refractivity contribution in [1.29, 1.82) is 0 Å². The molecule has 0 aromatic carbocycles. The van der Waals surface area contributed by atoms with Crippen LogP contribution in [0.5, 0.6) is 0 Å². The summed E-state index contributed by atoms with van der Waals surface area (Å²) in [4.78, 5) is 11.7. The molecule has 4 rings (SSSR count). The van der Waals surface area contributed by atoms with Crippen LogP contribution in [0.3, 0.4) is 0 Å². The summed E-state index contributed by atoms with van der Waals surface area (Å²) in [5.74, 6) is -0.514. The van der Waals surface area contributed by atoms with Crippen LogP contribution in [-0.2, 0) is 14.3 Å². The molecule has 0 aromatic rings. The van der Waals surface area contributed by atoms with Gasteiger partial charge in [-0.15, -0.1) is 0 Å². The van der Waals surface area contributed by atoms with Crippen molar-refractivity contribution in [2.24, 2.45) is 23.2 Å². The monoisotopic (exact) mass is 280 g/mol. The van der Waals surface area contributed by atoms with Crippen molar-refractivity contribution in [3.05, 3.63) is 12.2 Å². The number of ether oxygens (including phenoxy) is 2. The van der Waals surface area contributed by atoms with Gasteiger partial charge in [-0.05, 0) is 12.3 Å². The predicted octanol–water partition coefficient (Wildman–Crippen LogP) is 0.249. The Labute approximate surface area is 117 Å². The average molecular weight is 280 g/mol. The van der Waals surface area contributed by atoms with Gasteiger partial charge in [0.25, 0.3) is 0 Å². The second kappa shape index (κ2) is 3.64. The normalized spacial score (nSPS) is 60.4. The first kappa shape index (κ1) is 12.8. The Kier molecular flexibility index (Phi) is 2.33. The molecule has 0 bridgehead atoms. The van der Waals surface area contributed by atoms with Crippen LogP contribution in [0.15, 0.2) is 12.2 Å². The second-order valence-electron chi connectivity index (χ2n) is 7.05. The number of carbonyl (C=O) groups is 1. The first-order chi connectivity index (χ1) is 9.37. The molecular formula is C15H20O5. The van der Waals surface area contributed by atoms with Gasteiger partial charge in [0.1, 0.15) is 12.2 Å². The summed E-state index contributed by atoms with van der Waals surface area (Å²) in [6.07, 6.45) is -1.30. The fraction of sp³-hybridized carbons (Fsp3) is 0.800. The number of aliphatic hydroxyl groups excluding tert-OH is 2. The van der Waals surface area contributed by atoms with Crippen molar-refractivity contribution >= 4 is 5.97 Å². The highest BCUT2D eigenvalue weighted by Gasteiger charge is 2.73. The third-order valence-corrected chi connectivity index (χ3v) is 6.10. The summed E-state index contributed by atoms with van der Waals surface area (Å²) >= 11 is 0. The quantitative estimate of drug-likeness (QED) is 0.378. The van der Waals surface area contributed by atoms with E-state index in [9.17, 15) is 15.0 Å². The summed E-state index contributed by atoms with van der Waals surface area (Å²) in [6, 6.07) is 0. The number of carbonyl (C=O) groups excluding carboxylic acids is 1. The first-order valence-corrected chi connectivity index (χ1v) is 7.28. The molecule has 2 saturated heterocycles. The fourth-order valence-corrected chi connectivity index (χ4v) is 5.03. The van der Waals surface area contributed by atoms with Crippen LogP contribution in [0.4, 0.5) is 0 Å². The summed E-state index contributed by atoms with van der Waals surface area (Å²) in [6.45, 7) is 7.79. The van der Waals surface area contributed by atoms with E-state index in [1.54, 1.807) is 0 Å². The van der Waals surface area contributed by atoms with Gasteiger partial charge in [-0.1, -0.05) is 20.4 Å². The Balaban J connectivity index is 1.79. The Bertz CT molecular complexity index is 502. The number of fused-ring (bicyclic) bond motifs is 4. The highest BCUT2D eigenvalue weighted by Crippen LogP contribution is 2.62. The summed E-state index contributed by atoms with van der Waals surface area (Å²) in [5.41, 5.74) is -0.325. The van der Waals surface area contributed by atoms with E-state index in [4.69, 9.17) is 9.47 Å². The second-order valence-corrected chi connectivity index (χ2v) is 7.05. The number of epoxide rings is 1. The van der Waals surface area contributed by atoms with Gasteiger partial charge in [0.15, 0.2) is 0 Å². The maximum Gasteiger partial charge on any atom is 0.334 e. The van der Waals surface area contributed by atoms with Crippen LogP contribution in [-0.4, -0.2) is 46.7 Å². The lowest BCUT2D eigenvalue weighted by molar-refractivity contribution is -0.140. The molecule has 0 amide bonds. The molecule has 2 aliphatic carbocycles. The van der Waals surface area contributed by atoms with Gasteiger partial charge in [-0.3, -0.25) is 0 Å². The van der Waals surface area contributed by atoms with Gasteiger partial charge >= 0.3 is 5.97 Å². The SMILES string of the molecule is C=C1C(=O)O[C@H]2C[C@@H](C)[C@@H]3[C@@H]4O[C@@H]4[C@H](O)[C@@]3(C)[C@@H](O)[C@H]12. The zero-order valence-electron chi connectivity index (χ0n) is 11.7. The minimum atomic E-state index is -0.826. The van der Waals surface area contributed by atoms with Crippen LogP contribution in [0.1, 0.15) is 20.3 Å². The van der Waals surface area contributed by atoms with E-state index < -0.39 is 29.5 Å². The number of hydrogen-bond donors (Lipinski definition) is 2. The van der Waals surface area contributed by atoms with Crippen LogP contribution in [0, 0.1) is 23.2 Å². The third kappa shape index (κ3) is 1.27. The number of hydrogen-bond acceptors (Lipinski definition) is 5.